The number of halogens is 1. The normalized spacial score (nSPS) is 12.2. The second-order valence-corrected chi connectivity index (χ2v) is 3.74. The number of carboxylic acids is 1. The molecule has 0 aliphatic heterocycles. The molecule has 1 aromatic carbocycles. The molecule has 1 atom stereocenters. The molecule has 16 heavy (non-hydrogen) atoms. The summed E-state index contributed by atoms with van der Waals surface area (Å²) in [6.07, 6.45) is 0. The standard InChI is InChI=1S/C11H14ClNO3/c1-13-6-9(11(14)15)8-4-3-7(16-2)5-10(8)12/h3-5,9,13H,6H2,1-2H3,(H,14,15). The quantitative estimate of drug-likeness (QED) is 0.827. The van der Waals surface area contributed by atoms with Crippen LogP contribution in [0.25, 0.3) is 0 Å². The van der Waals surface area contributed by atoms with Crippen molar-refractivity contribution in [3.05, 3.63) is 28.8 Å². The predicted molar refractivity (Wildman–Crippen MR) is 62.3 cm³/mol. The Bertz CT molecular complexity index is 381. The van der Waals surface area contributed by atoms with Gasteiger partial charge in [-0.3, -0.25) is 4.79 Å². The van der Waals surface area contributed by atoms with Crippen LogP contribution in [0.1, 0.15) is 11.5 Å². The van der Waals surface area contributed by atoms with Crippen LogP contribution in [0.5, 0.6) is 5.75 Å². The summed E-state index contributed by atoms with van der Waals surface area (Å²) in [5.41, 5.74) is 0.587. The molecule has 0 aliphatic carbocycles. The van der Waals surface area contributed by atoms with Gasteiger partial charge in [-0.15, -0.1) is 0 Å². The van der Waals surface area contributed by atoms with Crippen molar-refractivity contribution in [3.8, 4) is 5.75 Å². The number of carboxylic acid groups (broad SMARTS) is 1. The summed E-state index contributed by atoms with van der Waals surface area (Å²) in [5.74, 6) is -0.938. The van der Waals surface area contributed by atoms with Crippen LogP contribution >= 0.6 is 11.6 Å². The van der Waals surface area contributed by atoms with Gasteiger partial charge in [-0.1, -0.05) is 17.7 Å². The van der Waals surface area contributed by atoms with Crippen LogP contribution in [0.2, 0.25) is 5.02 Å². The molecular weight excluding hydrogens is 230 g/mol. The molecule has 2 N–H and O–H groups in total. The molecule has 5 heteroatoms. The van der Waals surface area contributed by atoms with E-state index in [-0.39, 0.29) is 0 Å². The zero-order chi connectivity index (χ0) is 12.1. The molecule has 0 fully saturated rings. The van der Waals surface area contributed by atoms with Crippen molar-refractivity contribution >= 4 is 17.6 Å². The highest BCUT2D eigenvalue weighted by Crippen LogP contribution is 2.28. The molecule has 0 aliphatic rings. The first kappa shape index (κ1) is 12.8. The summed E-state index contributed by atoms with van der Waals surface area (Å²) >= 11 is 6.01. The lowest BCUT2D eigenvalue weighted by Gasteiger charge is -2.14. The Kier molecular flexibility index (Phi) is 4.58. The number of likely N-dealkylation sites (N-methyl/N-ethyl adjacent to an activating group) is 1. The summed E-state index contributed by atoms with van der Waals surface area (Å²) in [6.45, 7) is 0.335. The fourth-order valence-corrected chi connectivity index (χ4v) is 1.75. The Morgan fingerprint density at radius 3 is 2.75 bits per heavy atom. The van der Waals surface area contributed by atoms with Gasteiger partial charge in [0, 0.05) is 11.6 Å². The zero-order valence-corrected chi connectivity index (χ0v) is 9.91. The lowest BCUT2D eigenvalue weighted by atomic mass is 9.99. The van der Waals surface area contributed by atoms with Gasteiger partial charge in [0.25, 0.3) is 0 Å². The number of methoxy groups -OCH3 is 1. The van der Waals surface area contributed by atoms with Crippen LogP contribution in [0.3, 0.4) is 0 Å². The van der Waals surface area contributed by atoms with E-state index in [1.807, 2.05) is 0 Å². The van der Waals surface area contributed by atoms with E-state index in [1.165, 1.54) is 7.11 Å². The number of carbonyl (C=O) groups is 1. The zero-order valence-electron chi connectivity index (χ0n) is 9.16. The number of hydrogen-bond acceptors (Lipinski definition) is 3. The molecule has 0 saturated carbocycles. The Morgan fingerprint density at radius 2 is 2.31 bits per heavy atom. The van der Waals surface area contributed by atoms with Crippen molar-refractivity contribution < 1.29 is 14.6 Å². The number of hydrogen-bond donors (Lipinski definition) is 2. The molecular formula is C11H14ClNO3. The number of ether oxygens (including phenoxy) is 1. The third-order valence-corrected chi connectivity index (χ3v) is 2.62. The van der Waals surface area contributed by atoms with Crippen molar-refractivity contribution in [1.82, 2.24) is 5.32 Å². The molecule has 4 nitrogen and oxygen atoms in total. The highest BCUT2D eigenvalue weighted by atomic mass is 35.5. The van der Waals surface area contributed by atoms with Gasteiger partial charge in [0.1, 0.15) is 5.75 Å². The van der Waals surface area contributed by atoms with Gasteiger partial charge in [-0.25, -0.2) is 0 Å². The molecule has 0 saturated heterocycles. The van der Waals surface area contributed by atoms with E-state index in [1.54, 1.807) is 25.2 Å². The summed E-state index contributed by atoms with van der Waals surface area (Å²) in [7, 11) is 3.24. The highest BCUT2D eigenvalue weighted by Gasteiger charge is 2.21. The minimum atomic E-state index is -0.901. The molecule has 0 heterocycles. The number of aliphatic carboxylic acids is 1. The van der Waals surface area contributed by atoms with Crippen molar-refractivity contribution in [3.63, 3.8) is 0 Å². The van der Waals surface area contributed by atoms with Crippen LogP contribution in [0.15, 0.2) is 18.2 Å². The summed E-state index contributed by atoms with van der Waals surface area (Å²) in [5, 5.41) is 12.3. The molecule has 1 unspecified atom stereocenters. The Hall–Kier alpha value is -1.26. The maximum absolute atomic E-state index is 11.1. The SMILES string of the molecule is CNCC(C(=O)O)c1ccc(OC)cc1Cl. The minimum Gasteiger partial charge on any atom is -0.497 e. The summed E-state index contributed by atoms with van der Waals surface area (Å²) in [6, 6.07) is 4.99. The monoisotopic (exact) mass is 243 g/mol. The maximum Gasteiger partial charge on any atom is 0.312 e. The largest absolute Gasteiger partial charge is 0.497 e. The maximum atomic E-state index is 11.1. The Labute approximate surface area is 99.2 Å². The van der Waals surface area contributed by atoms with Crippen LogP contribution in [0, 0.1) is 0 Å². The van der Waals surface area contributed by atoms with E-state index in [9.17, 15) is 4.79 Å². The molecule has 1 aromatic rings. The van der Waals surface area contributed by atoms with Crippen LogP contribution in [-0.4, -0.2) is 31.8 Å². The molecule has 0 bridgehead atoms. The predicted octanol–water partition coefficient (Wildman–Crippen LogP) is 1.74. The number of nitrogens with one attached hydrogen (secondary N) is 1. The third-order valence-electron chi connectivity index (χ3n) is 2.29. The summed E-state index contributed by atoms with van der Waals surface area (Å²) in [4.78, 5) is 11.1. The Balaban J connectivity index is 3.05. The molecule has 0 radical (unpaired) electrons. The van der Waals surface area contributed by atoms with E-state index in [0.29, 0.717) is 22.9 Å². The van der Waals surface area contributed by atoms with Gasteiger partial charge in [0.15, 0.2) is 0 Å². The number of benzene rings is 1. The lowest BCUT2D eigenvalue weighted by molar-refractivity contribution is -0.138. The van der Waals surface area contributed by atoms with Gasteiger partial charge in [0.2, 0.25) is 0 Å². The second kappa shape index (κ2) is 5.72. The molecule has 1 rings (SSSR count). The molecule has 0 spiro atoms. The third kappa shape index (κ3) is 2.87. The summed E-state index contributed by atoms with van der Waals surface area (Å²) < 4.78 is 5.00. The average Bonchev–Trinajstić information content (AvgIpc) is 2.26. The van der Waals surface area contributed by atoms with Gasteiger partial charge in [0.05, 0.1) is 13.0 Å². The van der Waals surface area contributed by atoms with Crippen LogP contribution < -0.4 is 10.1 Å². The second-order valence-electron chi connectivity index (χ2n) is 3.34. The van der Waals surface area contributed by atoms with Crippen LogP contribution in [0.4, 0.5) is 0 Å². The van der Waals surface area contributed by atoms with E-state index in [4.69, 9.17) is 21.4 Å². The van der Waals surface area contributed by atoms with Crippen molar-refractivity contribution in [2.24, 2.45) is 0 Å². The first-order valence-electron chi connectivity index (χ1n) is 4.81. The first-order chi connectivity index (χ1) is 7.60. The average molecular weight is 244 g/mol. The Morgan fingerprint density at radius 1 is 1.62 bits per heavy atom. The van der Waals surface area contributed by atoms with Gasteiger partial charge >= 0.3 is 5.97 Å². The van der Waals surface area contributed by atoms with E-state index < -0.39 is 11.9 Å². The van der Waals surface area contributed by atoms with E-state index in [2.05, 4.69) is 5.32 Å². The van der Waals surface area contributed by atoms with Gasteiger partial charge in [-0.2, -0.15) is 0 Å². The van der Waals surface area contributed by atoms with Crippen molar-refractivity contribution in [2.75, 3.05) is 20.7 Å². The molecule has 88 valence electrons. The molecule has 0 aromatic heterocycles. The molecule has 0 amide bonds. The van der Waals surface area contributed by atoms with E-state index in [0.717, 1.165) is 0 Å². The lowest BCUT2D eigenvalue weighted by Crippen LogP contribution is -2.24. The smallest absolute Gasteiger partial charge is 0.312 e. The van der Waals surface area contributed by atoms with Crippen molar-refractivity contribution in [1.29, 1.82) is 0 Å². The van der Waals surface area contributed by atoms with E-state index >= 15 is 0 Å². The minimum absolute atomic E-state index is 0.335. The highest BCUT2D eigenvalue weighted by molar-refractivity contribution is 6.31. The van der Waals surface area contributed by atoms with Gasteiger partial charge in [-0.05, 0) is 24.7 Å². The van der Waals surface area contributed by atoms with Crippen LogP contribution in [-0.2, 0) is 4.79 Å². The first-order valence-corrected chi connectivity index (χ1v) is 5.18. The van der Waals surface area contributed by atoms with Gasteiger partial charge < -0.3 is 15.2 Å². The number of rotatable bonds is 5. The van der Waals surface area contributed by atoms with Crippen molar-refractivity contribution in [2.45, 2.75) is 5.92 Å². The topological polar surface area (TPSA) is 58.6 Å². The fraction of sp³-hybridized carbons (Fsp3) is 0.364. The fourth-order valence-electron chi connectivity index (χ4n) is 1.45.